The molecule has 0 aliphatic carbocycles. The number of aryl methyl sites for hydroxylation is 1. The predicted octanol–water partition coefficient (Wildman–Crippen LogP) is 1.53. The number of nitrogens with zero attached hydrogens (tertiary/aromatic N) is 5. The lowest BCUT2D eigenvalue weighted by Gasteiger charge is -2.14. The molecule has 3 aromatic rings. The quantitative estimate of drug-likeness (QED) is 0.529. The summed E-state index contributed by atoms with van der Waals surface area (Å²) in [6.07, 6.45) is 5.56. The van der Waals surface area contributed by atoms with Crippen LogP contribution in [0.1, 0.15) is 16.8 Å². The predicted molar refractivity (Wildman–Crippen MR) is 98.0 cm³/mol. The first-order chi connectivity index (χ1) is 12.3. The summed E-state index contributed by atoms with van der Waals surface area (Å²) < 4.78 is 3.77. The zero-order valence-electron chi connectivity index (χ0n) is 14.6. The minimum absolute atomic E-state index is 0.672. The number of nitrogens with one attached hydrogen (secondary N) is 2. The molecule has 0 spiro atoms. The van der Waals surface area contributed by atoms with Crippen LogP contribution < -0.4 is 10.6 Å². The van der Waals surface area contributed by atoms with Gasteiger partial charge in [-0.25, -0.2) is 0 Å². The van der Waals surface area contributed by atoms with E-state index in [1.165, 1.54) is 11.1 Å². The Hall–Kier alpha value is -3.09. The van der Waals surface area contributed by atoms with Gasteiger partial charge in [0, 0.05) is 39.2 Å². The fraction of sp³-hybridized carbons (Fsp3) is 0.278. The lowest BCUT2D eigenvalue weighted by atomic mass is 10.1. The number of hydrogen-bond acceptors (Lipinski definition) is 3. The third kappa shape index (κ3) is 4.47. The van der Waals surface area contributed by atoms with E-state index in [0.29, 0.717) is 13.1 Å². The van der Waals surface area contributed by atoms with E-state index in [1.54, 1.807) is 19.4 Å². The van der Waals surface area contributed by atoms with E-state index in [9.17, 15) is 0 Å². The van der Waals surface area contributed by atoms with E-state index >= 15 is 0 Å². The van der Waals surface area contributed by atoms with Crippen molar-refractivity contribution in [3.63, 3.8) is 0 Å². The highest BCUT2D eigenvalue weighted by molar-refractivity contribution is 5.79. The first kappa shape index (κ1) is 16.8. The summed E-state index contributed by atoms with van der Waals surface area (Å²) in [7, 11) is 3.70. The SMILES string of the molecule is CN=C(NCc1ccccc1Cn1cccn1)NCc1ccnn1C. The summed E-state index contributed by atoms with van der Waals surface area (Å²) in [6.45, 7) is 2.12. The summed E-state index contributed by atoms with van der Waals surface area (Å²) >= 11 is 0. The van der Waals surface area contributed by atoms with E-state index in [4.69, 9.17) is 0 Å². The molecule has 0 atom stereocenters. The highest BCUT2D eigenvalue weighted by atomic mass is 15.3. The van der Waals surface area contributed by atoms with Crippen LogP contribution in [0.4, 0.5) is 0 Å². The third-order valence-electron chi connectivity index (χ3n) is 4.04. The van der Waals surface area contributed by atoms with Crippen molar-refractivity contribution < 1.29 is 0 Å². The van der Waals surface area contributed by atoms with Crippen molar-refractivity contribution in [2.75, 3.05) is 7.05 Å². The molecular weight excluding hydrogens is 314 g/mol. The van der Waals surface area contributed by atoms with Gasteiger partial charge in [-0.2, -0.15) is 10.2 Å². The molecule has 7 nitrogen and oxygen atoms in total. The molecule has 7 heteroatoms. The van der Waals surface area contributed by atoms with Gasteiger partial charge in [0.15, 0.2) is 5.96 Å². The molecule has 0 aliphatic heterocycles. The van der Waals surface area contributed by atoms with E-state index < -0.39 is 0 Å². The topological polar surface area (TPSA) is 72.1 Å². The van der Waals surface area contributed by atoms with Crippen molar-refractivity contribution in [1.82, 2.24) is 30.2 Å². The zero-order valence-corrected chi connectivity index (χ0v) is 14.6. The Labute approximate surface area is 147 Å². The smallest absolute Gasteiger partial charge is 0.191 e. The molecule has 2 N–H and O–H groups in total. The molecule has 25 heavy (non-hydrogen) atoms. The number of aromatic nitrogens is 4. The van der Waals surface area contributed by atoms with Gasteiger partial charge in [-0.1, -0.05) is 24.3 Å². The standard InChI is InChI=1S/C18H23N7/c1-19-18(21-13-17-8-10-22-24(17)2)20-12-15-6-3-4-7-16(15)14-25-11-5-9-23-25/h3-11H,12-14H2,1-2H3,(H2,19,20,21). The van der Waals surface area contributed by atoms with Gasteiger partial charge < -0.3 is 10.6 Å². The number of benzene rings is 1. The van der Waals surface area contributed by atoms with Crippen LogP contribution in [0.2, 0.25) is 0 Å². The van der Waals surface area contributed by atoms with Crippen LogP contribution >= 0.6 is 0 Å². The fourth-order valence-corrected chi connectivity index (χ4v) is 2.60. The van der Waals surface area contributed by atoms with Crippen molar-refractivity contribution in [2.45, 2.75) is 19.6 Å². The summed E-state index contributed by atoms with van der Waals surface area (Å²) in [5.74, 6) is 0.759. The first-order valence-electron chi connectivity index (χ1n) is 8.22. The second kappa shape index (κ2) is 8.14. The first-order valence-corrected chi connectivity index (χ1v) is 8.22. The fourth-order valence-electron chi connectivity index (χ4n) is 2.60. The Morgan fingerprint density at radius 2 is 1.80 bits per heavy atom. The van der Waals surface area contributed by atoms with Gasteiger partial charge in [0.2, 0.25) is 0 Å². The molecule has 3 rings (SSSR count). The lowest BCUT2D eigenvalue weighted by molar-refractivity contribution is 0.673. The van der Waals surface area contributed by atoms with Crippen LogP contribution in [0.15, 0.2) is 60.0 Å². The maximum absolute atomic E-state index is 4.28. The average molecular weight is 337 g/mol. The Morgan fingerprint density at radius 3 is 2.48 bits per heavy atom. The van der Waals surface area contributed by atoms with Gasteiger partial charge in [0.05, 0.1) is 18.8 Å². The Balaban J connectivity index is 1.59. The molecule has 130 valence electrons. The number of rotatable bonds is 6. The van der Waals surface area contributed by atoms with Crippen molar-refractivity contribution in [2.24, 2.45) is 12.0 Å². The molecule has 0 amide bonds. The van der Waals surface area contributed by atoms with Crippen molar-refractivity contribution in [1.29, 1.82) is 0 Å². The molecule has 0 unspecified atom stereocenters. The molecule has 0 bridgehead atoms. The van der Waals surface area contributed by atoms with Gasteiger partial charge in [-0.3, -0.25) is 14.4 Å². The van der Waals surface area contributed by atoms with Crippen LogP contribution in [0, 0.1) is 0 Å². The third-order valence-corrected chi connectivity index (χ3v) is 4.04. The van der Waals surface area contributed by atoms with Crippen molar-refractivity contribution in [3.8, 4) is 0 Å². The van der Waals surface area contributed by atoms with E-state index in [2.05, 4.69) is 50.1 Å². The maximum atomic E-state index is 4.28. The number of guanidine groups is 1. The summed E-state index contributed by atoms with van der Waals surface area (Å²) in [5.41, 5.74) is 3.56. The molecule has 0 aliphatic rings. The second-order valence-electron chi connectivity index (χ2n) is 5.70. The Morgan fingerprint density at radius 1 is 1.00 bits per heavy atom. The van der Waals surface area contributed by atoms with Gasteiger partial charge in [-0.05, 0) is 23.3 Å². The minimum Gasteiger partial charge on any atom is -0.352 e. The second-order valence-corrected chi connectivity index (χ2v) is 5.70. The van der Waals surface area contributed by atoms with Gasteiger partial charge in [0.1, 0.15) is 0 Å². The van der Waals surface area contributed by atoms with Crippen LogP contribution in [-0.4, -0.2) is 32.6 Å². The van der Waals surface area contributed by atoms with Crippen LogP contribution in [-0.2, 0) is 26.7 Å². The largest absolute Gasteiger partial charge is 0.352 e. The highest BCUT2D eigenvalue weighted by Crippen LogP contribution is 2.10. The monoisotopic (exact) mass is 337 g/mol. The van der Waals surface area contributed by atoms with E-state index in [0.717, 1.165) is 18.2 Å². The molecule has 0 saturated heterocycles. The van der Waals surface area contributed by atoms with Crippen LogP contribution in [0.5, 0.6) is 0 Å². The highest BCUT2D eigenvalue weighted by Gasteiger charge is 2.05. The molecule has 1 aromatic carbocycles. The molecule has 2 aromatic heterocycles. The van der Waals surface area contributed by atoms with Gasteiger partial charge >= 0.3 is 0 Å². The average Bonchev–Trinajstić information content (AvgIpc) is 3.28. The Bertz CT molecular complexity index is 818. The molecule has 2 heterocycles. The Kier molecular flexibility index (Phi) is 5.46. The number of aliphatic imine (C=N–C) groups is 1. The van der Waals surface area contributed by atoms with Crippen molar-refractivity contribution in [3.05, 3.63) is 71.8 Å². The number of hydrogen-bond donors (Lipinski definition) is 2. The molecular formula is C18H23N7. The summed E-state index contributed by atoms with van der Waals surface area (Å²) in [5, 5.41) is 15.1. The van der Waals surface area contributed by atoms with Crippen LogP contribution in [0.3, 0.4) is 0 Å². The molecule has 0 radical (unpaired) electrons. The molecule has 0 fully saturated rings. The van der Waals surface area contributed by atoms with Gasteiger partial charge in [0.25, 0.3) is 0 Å². The minimum atomic E-state index is 0.672. The maximum Gasteiger partial charge on any atom is 0.191 e. The lowest BCUT2D eigenvalue weighted by Crippen LogP contribution is -2.37. The summed E-state index contributed by atoms with van der Waals surface area (Å²) in [4.78, 5) is 4.28. The summed E-state index contributed by atoms with van der Waals surface area (Å²) in [6, 6.07) is 12.3. The molecule has 0 saturated carbocycles. The zero-order chi connectivity index (χ0) is 17.5. The van der Waals surface area contributed by atoms with E-state index in [-0.39, 0.29) is 0 Å². The van der Waals surface area contributed by atoms with E-state index in [1.807, 2.05) is 34.7 Å². The van der Waals surface area contributed by atoms with Crippen molar-refractivity contribution >= 4 is 5.96 Å². The van der Waals surface area contributed by atoms with Crippen LogP contribution in [0.25, 0.3) is 0 Å². The normalized spacial score (nSPS) is 11.5. The van der Waals surface area contributed by atoms with Gasteiger partial charge in [-0.15, -0.1) is 0 Å².